The molecule has 184 valence electrons. The van der Waals surface area contributed by atoms with Gasteiger partial charge in [-0.25, -0.2) is 18.5 Å². The maximum Gasteiger partial charge on any atom is 0.442 e. The van der Waals surface area contributed by atoms with Crippen LogP contribution in [0.3, 0.4) is 0 Å². The number of aromatic nitrogens is 2. The predicted molar refractivity (Wildman–Crippen MR) is 100 cm³/mol. The lowest BCUT2D eigenvalue weighted by Crippen LogP contribution is -2.53. The summed E-state index contributed by atoms with van der Waals surface area (Å²) in [6.45, 7) is 0. The minimum Gasteiger partial charge on any atom is -0.466 e. The maximum atomic E-state index is 14.6. The minimum atomic E-state index is -5.30. The topological polar surface area (TPSA) is 91.9 Å². The molecule has 34 heavy (non-hydrogen) atoms. The van der Waals surface area contributed by atoms with Crippen molar-refractivity contribution in [3.8, 4) is 5.69 Å². The van der Waals surface area contributed by atoms with Crippen LogP contribution in [0.1, 0.15) is 17.7 Å². The van der Waals surface area contributed by atoms with Crippen molar-refractivity contribution >= 4 is 23.3 Å². The highest BCUT2D eigenvalue weighted by molar-refractivity contribution is 6.34. The Morgan fingerprint density at radius 1 is 1.18 bits per heavy atom. The van der Waals surface area contributed by atoms with Crippen molar-refractivity contribution in [2.24, 2.45) is 12.2 Å². The van der Waals surface area contributed by atoms with Crippen molar-refractivity contribution in [2.45, 2.75) is 24.4 Å². The zero-order chi connectivity index (χ0) is 25.8. The van der Waals surface area contributed by atoms with Crippen LogP contribution in [0.2, 0.25) is 5.02 Å². The van der Waals surface area contributed by atoms with E-state index in [2.05, 4.69) is 14.7 Å². The summed E-state index contributed by atoms with van der Waals surface area (Å²) in [7, 11) is 1.35. The molecule has 0 N–H and O–H groups in total. The average molecular weight is 518 g/mol. The summed E-state index contributed by atoms with van der Waals surface area (Å²) in [5, 5.41) is 2.65. The molecule has 0 radical (unpaired) electrons. The summed E-state index contributed by atoms with van der Waals surface area (Å²) >= 11 is 5.89. The van der Waals surface area contributed by atoms with Gasteiger partial charge in [0.25, 0.3) is 5.56 Å². The maximum absolute atomic E-state index is 14.6. The van der Waals surface area contributed by atoms with Gasteiger partial charge in [0.05, 0.1) is 30.0 Å². The molecule has 0 aliphatic carbocycles. The van der Waals surface area contributed by atoms with E-state index < -0.39 is 75.1 Å². The summed E-state index contributed by atoms with van der Waals surface area (Å²) in [6.07, 6.45) is -11.7. The van der Waals surface area contributed by atoms with Crippen molar-refractivity contribution < 1.29 is 45.1 Å². The van der Waals surface area contributed by atoms with E-state index in [0.29, 0.717) is 26.3 Å². The molecule has 0 saturated carbocycles. The number of hydrogen-bond donors (Lipinski definition) is 0. The van der Waals surface area contributed by atoms with Crippen LogP contribution in [0.15, 0.2) is 32.9 Å². The second kappa shape index (κ2) is 8.14. The molecular formula is C18H11ClF7N3O5. The second-order valence-corrected chi connectivity index (χ2v) is 7.36. The number of nitrogens with zero attached hydrogens (tertiary/aromatic N) is 3. The van der Waals surface area contributed by atoms with E-state index in [0.717, 1.165) is 0 Å². The number of carbonyl (C=O) groups is 1. The van der Waals surface area contributed by atoms with Gasteiger partial charge in [0.15, 0.2) is 0 Å². The largest absolute Gasteiger partial charge is 0.466 e. The van der Waals surface area contributed by atoms with Gasteiger partial charge in [-0.05, 0) is 12.1 Å². The number of benzene rings is 1. The highest BCUT2D eigenvalue weighted by Gasteiger charge is 2.67. The van der Waals surface area contributed by atoms with Gasteiger partial charge in [0, 0.05) is 18.7 Å². The molecule has 8 nitrogen and oxygen atoms in total. The first-order valence-corrected chi connectivity index (χ1v) is 9.23. The Morgan fingerprint density at radius 3 is 2.32 bits per heavy atom. The lowest BCUT2D eigenvalue weighted by Gasteiger charge is -2.25. The molecule has 1 aromatic heterocycles. The normalized spacial score (nSPS) is 18.5. The molecule has 1 aromatic carbocycles. The molecule has 1 aliphatic heterocycles. The highest BCUT2D eigenvalue weighted by Crippen LogP contribution is 2.43. The zero-order valence-corrected chi connectivity index (χ0v) is 17.6. The smallest absolute Gasteiger partial charge is 0.442 e. The van der Waals surface area contributed by atoms with Crippen LogP contribution in [0, 0.1) is 5.82 Å². The third-order valence-electron chi connectivity index (χ3n) is 4.90. The van der Waals surface area contributed by atoms with Gasteiger partial charge in [-0.3, -0.25) is 9.36 Å². The van der Waals surface area contributed by atoms with Crippen LogP contribution < -0.4 is 11.2 Å². The van der Waals surface area contributed by atoms with Crippen molar-refractivity contribution in [1.29, 1.82) is 0 Å². The van der Waals surface area contributed by atoms with Gasteiger partial charge in [0.2, 0.25) is 0 Å². The number of carbonyl (C=O) groups excluding carboxylic acids is 1. The quantitative estimate of drug-likeness (QED) is 0.461. The first-order valence-electron chi connectivity index (χ1n) is 8.85. The fourth-order valence-corrected chi connectivity index (χ4v) is 3.43. The van der Waals surface area contributed by atoms with Crippen molar-refractivity contribution in [1.82, 2.24) is 9.13 Å². The predicted octanol–water partition coefficient (Wildman–Crippen LogP) is 2.95. The second-order valence-electron chi connectivity index (χ2n) is 6.95. The molecule has 2 aromatic rings. The molecule has 1 unspecified atom stereocenters. The van der Waals surface area contributed by atoms with Crippen LogP contribution >= 0.6 is 11.6 Å². The Bertz CT molecular complexity index is 1330. The monoisotopic (exact) mass is 517 g/mol. The van der Waals surface area contributed by atoms with Gasteiger partial charge in [-0.15, -0.1) is 0 Å². The Kier molecular flexibility index (Phi) is 6.05. The summed E-state index contributed by atoms with van der Waals surface area (Å²) in [5.41, 5.74) is -10.4. The highest BCUT2D eigenvalue weighted by atomic mass is 35.5. The minimum absolute atomic E-state index is 0.0259. The molecule has 1 aliphatic rings. The fraction of sp³-hybridized carbons (Fsp3) is 0.333. The molecule has 0 amide bonds. The standard InChI is InChI=1S/C18H11ClF7N3O5/c1-28-12(17(21,22)23)5-13(30)29(15(28)32)11-3-7(8(19)4-9(11)20)10-6-16(34-27-10,14(31)33-2)18(24,25)26/h3-5H,6H2,1-2H3. The van der Waals surface area contributed by atoms with Crippen LogP contribution in [-0.2, 0) is 27.6 Å². The SMILES string of the molecule is COC(=O)C1(C(F)(F)F)CC(c2cc(-n3c(=O)cc(C(F)(F)F)n(C)c3=O)c(F)cc2Cl)=NO1. The average Bonchev–Trinajstić information content (AvgIpc) is 3.17. The lowest BCUT2D eigenvalue weighted by molar-refractivity contribution is -0.268. The Morgan fingerprint density at radius 2 is 1.79 bits per heavy atom. The molecule has 3 rings (SSSR count). The number of ether oxygens (including phenoxy) is 1. The molecule has 0 bridgehead atoms. The first kappa shape index (κ1) is 25.3. The fourth-order valence-electron chi connectivity index (χ4n) is 3.17. The van der Waals surface area contributed by atoms with Crippen LogP contribution in [0.25, 0.3) is 5.69 Å². The van der Waals surface area contributed by atoms with Crippen LogP contribution in [0.4, 0.5) is 30.7 Å². The Hall–Kier alpha value is -3.36. The van der Waals surface area contributed by atoms with Gasteiger partial charge in [0.1, 0.15) is 11.5 Å². The van der Waals surface area contributed by atoms with Crippen LogP contribution in [0.5, 0.6) is 0 Å². The molecule has 0 fully saturated rings. The molecule has 16 heteroatoms. The third-order valence-corrected chi connectivity index (χ3v) is 5.21. The third kappa shape index (κ3) is 3.93. The molecule has 2 heterocycles. The molecule has 0 spiro atoms. The van der Waals surface area contributed by atoms with Crippen molar-refractivity contribution in [3.05, 3.63) is 61.1 Å². The zero-order valence-electron chi connectivity index (χ0n) is 16.8. The Labute approximate surface area is 188 Å². The molecule has 0 saturated heterocycles. The number of esters is 1. The number of methoxy groups -OCH3 is 1. The van der Waals surface area contributed by atoms with E-state index in [-0.39, 0.29) is 15.2 Å². The number of alkyl halides is 6. The number of oxime groups is 1. The summed E-state index contributed by atoms with van der Waals surface area (Å²) < 4.78 is 98.7. The summed E-state index contributed by atoms with van der Waals surface area (Å²) in [4.78, 5) is 40.9. The van der Waals surface area contributed by atoms with E-state index in [4.69, 9.17) is 11.6 Å². The number of halogens is 8. The number of rotatable bonds is 3. The molecular weight excluding hydrogens is 507 g/mol. The van der Waals surface area contributed by atoms with Crippen LogP contribution in [-0.4, -0.2) is 39.7 Å². The van der Waals surface area contributed by atoms with E-state index in [1.165, 1.54) is 0 Å². The van der Waals surface area contributed by atoms with Gasteiger partial charge >= 0.3 is 29.6 Å². The Balaban J connectivity index is 2.19. The van der Waals surface area contributed by atoms with E-state index >= 15 is 0 Å². The summed E-state index contributed by atoms with van der Waals surface area (Å²) in [5.74, 6) is -3.20. The first-order chi connectivity index (χ1) is 15.5. The van der Waals surface area contributed by atoms with Gasteiger partial charge < -0.3 is 9.57 Å². The molecule has 1 atom stereocenters. The van der Waals surface area contributed by atoms with Crippen molar-refractivity contribution in [2.75, 3.05) is 7.11 Å². The van der Waals surface area contributed by atoms with Gasteiger partial charge in [-0.1, -0.05) is 16.8 Å². The van der Waals surface area contributed by atoms with E-state index in [1.54, 1.807) is 0 Å². The van der Waals surface area contributed by atoms with Crippen molar-refractivity contribution in [3.63, 3.8) is 0 Å². The van der Waals surface area contributed by atoms with E-state index in [9.17, 15) is 45.1 Å². The van der Waals surface area contributed by atoms with E-state index in [1.807, 2.05) is 0 Å². The van der Waals surface area contributed by atoms with Gasteiger partial charge in [-0.2, -0.15) is 26.3 Å². The lowest BCUT2D eigenvalue weighted by atomic mass is 9.93. The number of hydrogen-bond acceptors (Lipinski definition) is 6. The summed E-state index contributed by atoms with van der Waals surface area (Å²) in [6, 6.07) is 1.17.